The molecule has 140 valence electrons. The van der Waals surface area contributed by atoms with E-state index in [1.807, 2.05) is 18.0 Å². The van der Waals surface area contributed by atoms with Gasteiger partial charge >= 0.3 is 0 Å². The first-order chi connectivity index (χ1) is 13.2. The van der Waals surface area contributed by atoms with Crippen molar-refractivity contribution in [3.8, 4) is 11.1 Å². The zero-order valence-corrected chi connectivity index (χ0v) is 15.7. The quantitative estimate of drug-likeness (QED) is 0.760. The monoisotopic (exact) mass is 364 g/mol. The number of benzene rings is 1. The molecule has 27 heavy (non-hydrogen) atoms. The van der Waals surface area contributed by atoms with Crippen LogP contribution in [0.3, 0.4) is 0 Å². The van der Waals surface area contributed by atoms with Crippen LogP contribution in [0.2, 0.25) is 0 Å². The molecular formula is C21H24N4O2. The van der Waals surface area contributed by atoms with Crippen LogP contribution in [0.5, 0.6) is 0 Å². The number of piperidine rings is 1. The average molecular weight is 364 g/mol. The second-order valence-corrected chi connectivity index (χ2v) is 7.13. The minimum absolute atomic E-state index is 0.0401. The van der Waals surface area contributed by atoms with Crippen molar-refractivity contribution in [3.05, 3.63) is 59.6 Å². The predicted octanol–water partition coefficient (Wildman–Crippen LogP) is 3.96. The molecule has 1 aromatic carbocycles. The summed E-state index contributed by atoms with van der Waals surface area (Å²) in [6.07, 6.45) is 5.90. The molecule has 3 heterocycles. The number of rotatable bonds is 4. The number of nitrogens with one attached hydrogen (secondary N) is 1. The van der Waals surface area contributed by atoms with Crippen molar-refractivity contribution >= 4 is 5.91 Å². The van der Waals surface area contributed by atoms with Crippen LogP contribution < -0.4 is 0 Å². The van der Waals surface area contributed by atoms with Crippen molar-refractivity contribution in [1.82, 2.24) is 20.1 Å². The molecule has 1 amide bonds. The summed E-state index contributed by atoms with van der Waals surface area (Å²) in [5.74, 6) is 0.851. The largest absolute Gasteiger partial charge is 0.448 e. The fourth-order valence-electron chi connectivity index (χ4n) is 3.81. The zero-order chi connectivity index (χ0) is 18.8. The van der Waals surface area contributed by atoms with Gasteiger partial charge in [-0.05, 0) is 25.3 Å². The zero-order valence-electron chi connectivity index (χ0n) is 15.7. The van der Waals surface area contributed by atoms with Crippen molar-refractivity contribution < 1.29 is 9.21 Å². The number of aryl methyl sites for hydroxylation is 2. The summed E-state index contributed by atoms with van der Waals surface area (Å²) in [5, 5.41) is 7.47. The Kier molecular flexibility index (Phi) is 4.79. The molecule has 6 nitrogen and oxygen atoms in total. The second kappa shape index (κ2) is 7.39. The maximum absolute atomic E-state index is 12.9. The van der Waals surface area contributed by atoms with Gasteiger partial charge in [-0.2, -0.15) is 5.10 Å². The number of hydrogen-bond acceptors (Lipinski definition) is 4. The molecule has 0 aliphatic carbocycles. The molecule has 0 radical (unpaired) electrons. The number of H-pyrrole nitrogens is 1. The summed E-state index contributed by atoms with van der Waals surface area (Å²) in [4.78, 5) is 19.0. The van der Waals surface area contributed by atoms with Gasteiger partial charge in [-0.25, -0.2) is 4.98 Å². The maximum Gasteiger partial charge on any atom is 0.276 e. The van der Waals surface area contributed by atoms with Gasteiger partial charge in [0, 0.05) is 36.7 Å². The molecule has 1 saturated heterocycles. The van der Waals surface area contributed by atoms with Gasteiger partial charge in [0.15, 0.2) is 12.1 Å². The number of amides is 1. The number of likely N-dealkylation sites (tertiary alicyclic amines) is 1. The Morgan fingerprint density at radius 3 is 2.93 bits per heavy atom. The molecular weight excluding hydrogens is 340 g/mol. The highest BCUT2D eigenvalue weighted by molar-refractivity contribution is 5.93. The highest BCUT2D eigenvalue weighted by Gasteiger charge is 2.30. The lowest BCUT2D eigenvalue weighted by Crippen LogP contribution is -2.39. The summed E-state index contributed by atoms with van der Waals surface area (Å²) >= 11 is 0. The molecule has 1 fully saturated rings. The van der Waals surface area contributed by atoms with Crippen LogP contribution >= 0.6 is 0 Å². The van der Waals surface area contributed by atoms with Crippen LogP contribution in [0.25, 0.3) is 11.1 Å². The van der Waals surface area contributed by atoms with Crippen LogP contribution in [0.4, 0.5) is 0 Å². The molecule has 0 saturated carbocycles. The van der Waals surface area contributed by atoms with Gasteiger partial charge in [0.2, 0.25) is 0 Å². The van der Waals surface area contributed by atoms with Crippen LogP contribution in [-0.2, 0) is 6.42 Å². The molecule has 0 bridgehead atoms. The van der Waals surface area contributed by atoms with E-state index in [4.69, 9.17) is 4.42 Å². The van der Waals surface area contributed by atoms with Crippen molar-refractivity contribution in [3.63, 3.8) is 0 Å². The number of nitrogens with zero attached hydrogens (tertiary/aromatic N) is 3. The van der Waals surface area contributed by atoms with Gasteiger partial charge in [-0.1, -0.05) is 36.8 Å². The third-order valence-electron chi connectivity index (χ3n) is 5.31. The van der Waals surface area contributed by atoms with E-state index in [0.717, 1.165) is 36.2 Å². The van der Waals surface area contributed by atoms with Crippen LogP contribution in [-0.4, -0.2) is 39.1 Å². The van der Waals surface area contributed by atoms with E-state index in [1.165, 1.54) is 12.0 Å². The lowest BCUT2D eigenvalue weighted by molar-refractivity contribution is 0.0698. The molecule has 4 rings (SSSR count). The summed E-state index contributed by atoms with van der Waals surface area (Å²) in [5.41, 5.74) is 5.05. The number of aromatic nitrogens is 3. The van der Waals surface area contributed by atoms with Gasteiger partial charge in [0.05, 0.1) is 6.20 Å². The second-order valence-electron chi connectivity index (χ2n) is 7.13. The number of hydrogen-bond donors (Lipinski definition) is 1. The summed E-state index contributed by atoms with van der Waals surface area (Å²) in [6, 6.07) is 8.47. The Morgan fingerprint density at radius 2 is 2.15 bits per heavy atom. The highest BCUT2D eigenvalue weighted by Crippen LogP contribution is 2.33. The van der Waals surface area contributed by atoms with E-state index in [1.54, 1.807) is 0 Å². The molecule has 1 atom stereocenters. The summed E-state index contributed by atoms with van der Waals surface area (Å²) in [6.45, 7) is 5.46. The van der Waals surface area contributed by atoms with Crippen LogP contribution in [0, 0.1) is 6.92 Å². The lowest BCUT2D eigenvalue weighted by Gasteiger charge is -2.32. The highest BCUT2D eigenvalue weighted by atomic mass is 16.3. The number of carbonyl (C=O) groups excluding carboxylic acids is 1. The van der Waals surface area contributed by atoms with E-state index < -0.39 is 0 Å². The average Bonchev–Trinajstić information content (AvgIpc) is 3.37. The van der Waals surface area contributed by atoms with Gasteiger partial charge in [-0.15, -0.1) is 0 Å². The third kappa shape index (κ3) is 3.39. The first kappa shape index (κ1) is 17.5. The Labute approximate surface area is 158 Å². The molecule has 1 N–H and O–H groups in total. The van der Waals surface area contributed by atoms with Crippen LogP contribution in [0.1, 0.15) is 53.2 Å². The molecule has 0 unspecified atom stereocenters. The van der Waals surface area contributed by atoms with E-state index in [0.29, 0.717) is 24.4 Å². The van der Waals surface area contributed by atoms with Gasteiger partial charge in [0.25, 0.3) is 5.91 Å². The van der Waals surface area contributed by atoms with Crippen LogP contribution in [0.15, 0.2) is 41.3 Å². The van der Waals surface area contributed by atoms with Gasteiger partial charge in [0.1, 0.15) is 5.76 Å². The summed E-state index contributed by atoms with van der Waals surface area (Å²) < 4.78 is 5.34. The minimum atomic E-state index is -0.0401. The molecule has 0 spiro atoms. The first-order valence-electron chi connectivity index (χ1n) is 9.49. The molecule has 1 aliphatic heterocycles. The SMILES string of the molecule is CCc1ocnc1C(=O)N1CCC[C@H](c2[nH]ncc2-c2ccc(C)cc2)C1. The Morgan fingerprint density at radius 1 is 1.33 bits per heavy atom. The lowest BCUT2D eigenvalue weighted by atomic mass is 9.90. The Balaban J connectivity index is 1.57. The van der Waals surface area contributed by atoms with Gasteiger partial charge in [-0.3, -0.25) is 9.89 Å². The third-order valence-corrected chi connectivity index (χ3v) is 5.31. The maximum atomic E-state index is 12.9. The normalized spacial score (nSPS) is 17.3. The molecule has 1 aliphatic rings. The standard InChI is InChI=1S/C21H24N4O2/c1-3-18-20(22-13-27-18)21(26)25-10-4-5-16(12-25)19-17(11-23-24-19)15-8-6-14(2)7-9-15/h6-9,11,13,16H,3-5,10,12H2,1-2H3,(H,23,24)/t16-/m0/s1. The van der Waals surface area contributed by atoms with E-state index in [9.17, 15) is 4.79 Å². The number of carbonyl (C=O) groups is 1. The minimum Gasteiger partial charge on any atom is -0.448 e. The predicted molar refractivity (Wildman–Crippen MR) is 103 cm³/mol. The topological polar surface area (TPSA) is 75.0 Å². The smallest absolute Gasteiger partial charge is 0.276 e. The molecule has 3 aromatic rings. The molecule has 6 heteroatoms. The van der Waals surface area contributed by atoms with E-state index >= 15 is 0 Å². The van der Waals surface area contributed by atoms with E-state index in [-0.39, 0.29) is 11.8 Å². The van der Waals surface area contributed by atoms with Crippen molar-refractivity contribution in [2.24, 2.45) is 0 Å². The molecule has 2 aromatic heterocycles. The van der Waals surface area contributed by atoms with Gasteiger partial charge < -0.3 is 9.32 Å². The van der Waals surface area contributed by atoms with Crippen molar-refractivity contribution in [2.75, 3.05) is 13.1 Å². The van der Waals surface area contributed by atoms with Crippen molar-refractivity contribution in [2.45, 2.75) is 39.0 Å². The summed E-state index contributed by atoms with van der Waals surface area (Å²) in [7, 11) is 0. The Bertz CT molecular complexity index is 926. The fourth-order valence-corrected chi connectivity index (χ4v) is 3.81. The Hall–Kier alpha value is -2.89. The number of oxazole rings is 1. The van der Waals surface area contributed by atoms with Crippen molar-refractivity contribution in [1.29, 1.82) is 0 Å². The van der Waals surface area contributed by atoms with E-state index in [2.05, 4.69) is 46.4 Å². The number of aromatic amines is 1. The fraction of sp³-hybridized carbons (Fsp3) is 0.381. The first-order valence-corrected chi connectivity index (χ1v) is 9.49.